The molecule has 106 valence electrons. The van der Waals surface area contributed by atoms with Gasteiger partial charge in [-0.3, -0.25) is 4.79 Å². The minimum Gasteiger partial charge on any atom is -0.482 e. The maximum absolute atomic E-state index is 12.2. The number of allylic oxidation sites excluding steroid dienone is 2. The molecule has 20 heavy (non-hydrogen) atoms. The molecule has 0 unspecified atom stereocenters. The van der Waals surface area contributed by atoms with Gasteiger partial charge in [0.25, 0.3) is 0 Å². The number of carbonyl (C=O) groups excluding carboxylic acids is 1. The van der Waals surface area contributed by atoms with E-state index in [2.05, 4.69) is 0 Å². The van der Waals surface area contributed by atoms with E-state index in [0.717, 1.165) is 6.29 Å². The highest BCUT2D eigenvalue weighted by molar-refractivity contribution is 5.77. The number of nitrogens with zero attached hydrogens (tertiary/aromatic N) is 1. The Morgan fingerprint density at radius 3 is 2.75 bits per heavy atom. The lowest BCUT2D eigenvalue weighted by Gasteiger charge is -2.25. The van der Waals surface area contributed by atoms with Gasteiger partial charge in [0.2, 0.25) is 0 Å². The van der Waals surface area contributed by atoms with E-state index < -0.39 is 12.8 Å². The molecule has 0 spiro atoms. The molecule has 1 aliphatic heterocycles. The highest BCUT2D eigenvalue weighted by Gasteiger charge is 2.29. The number of hydrogen-bond acceptors (Lipinski definition) is 3. The molecule has 0 radical (unpaired) electrons. The summed E-state index contributed by atoms with van der Waals surface area (Å²) in [5.74, 6) is 0.127. The van der Waals surface area contributed by atoms with Gasteiger partial charge in [-0.1, -0.05) is 18.2 Å². The van der Waals surface area contributed by atoms with E-state index in [-0.39, 0.29) is 5.75 Å². The number of anilines is 1. The van der Waals surface area contributed by atoms with Crippen molar-refractivity contribution in [3.8, 4) is 5.75 Å². The number of benzene rings is 1. The first-order valence-electron chi connectivity index (χ1n) is 5.87. The monoisotopic (exact) mass is 283 g/mol. The molecule has 0 amide bonds. The van der Waals surface area contributed by atoms with Gasteiger partial charge < -0.3 is 9.64 Å². The van der Waals surface area contributed by atoms with E-state index in [1.54, 1.807) is 41.5 Å². The maximum Gasteiger partial charge on any atom is 0.422 e. The van der Waals surface area contributed by atoms with Crippen LogP contribution in [0.3, 0.4) is 0 Å². The highest BCUT2D eigenvalue weighted by atomic mass is 19.4. The number of para-hydroxylation sites is 2. The lowest BCUT2D eigenvalue weighted by atomic mass is 10.2. The number of ether oxygens (including phenoxy) is 1. The molecule has 0 N–H and O–H groups in total. The fourth-order valence-corrected chi connectivity index (χ4v) is 1.79. The minimum atomic E-state index is -4.39. The second-order valence-corrected chi connectivity index (χ2v) is 4.20. The van der Waals surface area contributed by atoms with Gasteiger partial charge in [-0.25, -0.2) is 0 Å². The fraction of sp³-hybridized carbons (Fsp3) is 0.214. The molecule has 0 saturated heterocycles. The van der Waals surface area contributed by atoms with Gasteiger partial charge in [0.15, 0.2) is 6.61 Å². The van der Waals surface area contributed by atoms with Crippen LogP contribution in [0.4, 0.5) is 18.9 Å². The third-order valence-corrected chi connectivity index (χ3v) is 2.65. The van der Waals surface area contributed by atoms with E-state index in [1.165, 1.54) is 6.07 Å². The van der Waals surface area contributed by atoms with Crippen LogP contribution in [0, 0.1) is 0 Å². The van der Waals surface area contributed by atoms with Gasteiger partial charge in [-0.05, 0) is 18.2 Å². The van der Waals surface area contributed by atoms with E-state index in [1.807, 2.05) is 0 Å². The summed E-state index contributed by atoms with van der Waals surface area (Å²) in [5, 5.41) is 0. The molecule has 1 aliphatic rings. The summed E-state index contributed by atoms with van der Waals surface area (Å²) in [4.78, 5) is 12.4. The Hall–Kier alpha value is -2.24. The Bertz CT molecular complexity index is 550. The van der Waals surface area contributed by atoms with Crippen molar-refractivity contribution in [3.05, 3.63) is 48.2 Å². The van der Waals surface area contributed by atoms with Gasteiger partial charge in [-0.15, -0.1) is 0 Å². The molecule has 1 heterocycles. The molecule has 1 aromatic rings. The maximum atomic E-state index is 12.2. The summed E-state index contributed by atoms with van der Waals surface area (Å²) in [6.45, 7) is -1.05. The zero-order valence-electron chi connectivity index (χ0n) is 10.4. The molecule has 0 fully saturated rings. The van der Waals surface area contributed by atoms with Crippen molar-refractivity contribution in [1.29, 1.82) is 0 Å². The van der Waals surface area contributed by atoms with Gasteiger partial charge in [-0.2, -0.15) is 13.2 Å². The standard InChI is InChI=1S/C14H12F3NO2/c15-14(16,17)10-20-13-6-2-1-5-12(13)18-7-3-4-11(8-18)9-19/h1-7,9H,8,10H2. The first kappa shape index (κ1) is 14.2. The zero-order chi connectivity index (χ0) is 14.6. The normalized spacial score (nSPS) is 14.9. The Labute approximate surface area is 113 Å². The number of halogens is 3. The first-order valence-corrected chi connectivity index (χ1v) is 5.87. The second-order valence-electron chi connectivity index (χ2n) is 4.20. The molecule has 0 bridgehead atoms. The number of rotatable bonds is 4. The molecule has 0 atom stereocenters. The molecule has 3 nitrogen and oxygen atoms in total. The van der Waals surface area contributed by atoms with Crippen LogP contribution in [0.5, 0.6) is 5.75 Å². The van der Waals surface area contributed by atoms with Crippen molar-refractivity contribution < 1.29 is 22.7 Å². The van der Waals surface area contributed by atoms with Crippen LogP contribution in [-0.4, -0.2) is 25.6 Å². The van der Waals surface area contributed by atoms with Gasteiger partial charge in [0, 0.05) is 11.8 Å². The van der Waals surface area contributed by atoms with Gasteiger partial charge >= 0.3 is 6.18 Å². The number of aldehydes is 1. The quantitative estimate of drug-likeness (QED) is 0.795. The van der Waals surface area contributed by atoms with Gasteiger partial charge in [0.05, 0.1) is 12.2 Å². The van der Waals surface area contributed by atoms with Crippen LogP contribution < -0.4 is 9.64 Å². The summed E-state index contributed by atoms with van der Waals surface area (Å²) in [7, 11) is 0. The van der Waals surface area contributed by atoms with Crippen LogP contribution in [0.15, 0.2) is 48.2 Å². The molecule has 1 aromatic carbocycles. The Balaban J connectivity index is 2.18. The van der Waals surface area contributed by atoms with Crippen molar-refractivity contribution in [2.75, 3.05) is 18.1 Å². The molecule has 0 saturated carbocycles. The lowest BCUT2D eigenvalue weighted by molar-refractivity contribution is -0.153. The average molecular weight is 283 g/mol. The summed E-state index contributed by atoms with van der Waals surface area (Å²) in [5.41, 5.74) is 1.03. The van der Waals surface area contributed by atoms with Crippen molar-refractivity contribution in [1.82, 2.24) is 0 Å². The molecule has 6 heteroatoms. The minimum absolute atomic E-state index is 0.127. The largest absolute Gasteiger partial charge is 0.482 e. The number of hydrogen-bond donors (Lipinski definition) is 0. The average Bonchev–Trinajstić information content (AvgIpc) is 2.45. The number of carbonyl (C=O) groups is 1. The van der Waals surface area contributed by atoms with Crippen molar-refractivity contribution in [2.24, 2.45) is 0 Å². The van der Waals surface area contributed by atoms with Crippen LogP contribution in [0.2, 0.25) is 0 Å². The van der Waals surface area contributed by atoms with E-state index in [9.17, 15) is 18.0 Å². The first-order chi connectivity index (χ1) is 9.49. The van der Waals surface area contributed by atoms with Crippen molar-refractivity contribution in [2.45, 2.75) is 6.18 Å². The second kappa shape index (κ2) is 5.81. The SMILES string of the molecule is O=CC1=CC=CN(c2ccccc2OCC(F)(F)F)C1. The lowest BCUT2D eigenvalue weighted by Crippen LogP contribution is -2.24. The molecule has 0 aromatic heterocycles. The summed E-state index contributed by atoms with van der Waals surface area (Å²) >= 11 is 0. The molecule has 0 aliphatic carbocycles. The van der Waals surface area contributed by atoms with E-state index in [4.69, 9.17) is 4.74 Å². The molecular weight excluding hydrogens is 271 g/mol. The summed E-state index contributed by atoms with van der Waals surface area (Å²) < 4.78 is 41.5. The summed E-state index contributed by atoms with van der Waals surface area (Å²) in [6, 6.07) is 6.40. The predicted molar refractivity (Wildman–Crippen MR) is 68.6 cm³/mol. The van der Waals surface area contributed by atoms with Gasteiger partial charge in [0.1, 0.15) is 12.0 Å². The number of alkyl halides is 3. The van der Waals surface area contributed by atoms with Crippen molar-refractivity contribution in [3.63, 3.8) is 0 Å². The Morgan fingerprint density at radius 2 is 2.05 bits per heavy atom. The van der Waals surface area contributed by atoms with Crippen molar-refractivity contribution >= 4 is 12.0 Å². The van der Waals surface area contributed by atoms with Crippen LogP contribution in [0.25, 0.3) is 0 Å². The van der Waals surface area contributed by atoms with Crippen LogP contribution in [-0.2, 0) is 4.79 Å². The molecule has 2 rings (SSSR count). The smallest absolute Gasteiger partial charge is 0.422 e. The topological polar surface area (TPSA) is 29.5 Å². The van der Waals surface area contributed by atoms with E-state index in [0.29, 0.717) is 17.8 Å². The van der Waals surface area contributed by atoms with Crippen LogP contribution >= 0.6 is 0 Å². The Kier molecular flexibility index (Phi) is 4.12. The predicted octanol–water partition coefficient (Wildman–Crippen LogP) is 3.09. The highest BCUT2D eigenvalue weighted by Crippen LogP contribution is 2.31. The summed E-state index contributed by atoms with van der Waals surface area (Å²) in [6.07, 6.45) is 1.33. The third-order valence-electron chi connectivity index (χ3n) is 2.65. The third kappa shape index (κ3) is 3.63. The Morgan fingerprint density at radius 1 is 1.30 bits per heavy atom. The zero-order valence-corrected chi connectivity index (χ0v) is 10.4. The molecular formula is C14H12F3NO2. The van der Waals surface area contributed by atoms with E-state index >= 15 is 0 Å². The van der Waals surface area contributed by atoms with Crippen LogP contribution in [0.1, 0.15) is 0 Å². The fourth-order valence-electron chi connectivity index (χ4n) is 1.79.